The molecule has 1 aromatic heterocycles. The molecule has 0 saturated heterocycles. The van der Waals surface area contributed by atoms with Crippen LogP contribution < -0.4 is 4.80 Å². The van der Waals surface area contributed by atoms with Gasteiger partial charge in [0.25, 0.3) is 0 Å². The summed E-state index contributed by atoms with van der Waals surface area (Å²) >= 11 is 1.48. The molecule has 0 N–H and O–H groups in total. The molecule has 0 radical (unpaired) electrons. The Balaban J connectivity index is 1.66. The lowest BCUT2D eigenvalue weighted by Gasteiger charge is -2.03. The number of hydrogen-bond acceptors (Lipinski definition) is 4. The Labute approximate surface area is 169 Å². The van der Waals surface area contributed by atoms with E-state index in [1.165, 1.54) is 16.9 Å². The molecule has 28 heavy (non-hydrogen) atoms. The SMILES string of the molecule is CCc1cccc2sc(=NC(=O)CCCS(=O)(=O)Cc3ccccc3)n(C)c12. The molecule has 0 aliphatic rings. The Bertz CT molecular complexity index is 1140. The number of thiazole rings is 1. The van der Waals surface area contributed by atoms with Crippen LogP contribution in [0.2, 0.25) is 0 Å². The number of rotatable bonds is 7. The summed E-state index contributed by atoms with van der Waals surface area (Å²) in [5.41, 5.74) is 3.09. The van der Waals surface area contributed by atoms with Crippen LogP contribution in [0, 0.1) is 0 Å². The fourth-order valence-electron chi connectivity index (χ4n) is 3.18. The summed E-state index contributed by atoms with van der Waals surface area (Å²) in [5, 5.41) is 0. The smallest absolute Gasteiger partial charge is 0.248 e. The van der Waals surface area contributed by atoms with E-state index in [2.05, 4.69) is 18.0 Å². The van der Waals surface area contributed by atoms with E-state index in [0.717, 1.165) is 22.2 Å². The van der Waals surface area contributed by atoms with E-state index in [9.17, 15) is 13.2 Å². The van der Waals surface area contributed by atoms with E-state index in [1.54, 1.807) is 12.1 Å². The normalized spacial score (nSPS) is 12.6. The fourth-order valence-corrected chi connectivity index (χ4v) is 5.70. The maximum Gasteiger partial charge on any atom is 0.248 e. The van der Waals surface area contributed by atoms with Gasteiger partial charge in [-0.05, 0) is 30.0 Å². The molecule has 0 unspecified atom stereocenters. The number of hydrogen-bond donors (Lipinski definition) is 0. The molecule has 5 nitrogen and oxygen atoms in total. The first-order valence-corrected chi connectivity index (χ1v) is 11.9. The highest BCUT2D eigenvalue weighted by atomic mass is 32.2. The Kier molecular flexibility index (Phi) is 6.46. The molecule has 3 rings (SSSR count). The van der Waals surface area contributed by atoms with Gasteiger partial charge in [-0.1, -0.05) is 60.7 Å². The number of benzene rings is 2. The Morgan fingerprint density at radius 2 is 1.86 bits per heavy atom. The number of aromatic nitrogens is 1. The first kappa shape index (κ1) is 20.5. The van der Waals surface area contributed by atoms with E-state index < -0.39 is 9.84 Å². The first-order chi connectivity index (χ1) is 13.4. The second kappa shape index (κ2) is 8.84. The highest BCUT2D eigenvalue weighted by Gasteiger charge is 2.13. The van der Waals surface area contributed by atoms with Crippen molar-refractivity contribution in [3.8, 4) is 0 Å². The maximum atomic E-state index is 12.3. The zero-order chi connectivity index (χ0) is 20.1. The second-order valence-corrected chi connectivity index (χ2v) is 9.94. The average molecular weight is 417 g/mol. The lowest BCUT2D eigenvalue weighted by molar-refractivity contribution is -0.118. The third-order valence-electron chi connectivity index (χ3n) is 4.58. The molecule has 0 fully saturated rings. The lowest BCUT2D eigenvalue weighted by Crippen LogP contribution is -2.15. The molecule has 0 aliphatic heterocycles. The first-order valence-electron chi connectivity index (χ1n) is 9.29. The Hall–Kier alpha value is -2.25. The molecule has 2 aromatic carbocycles. The molecule has 0 atom stereocenters. The van der Waals surface area contributed by atoms with Crippen LogP contribution in [0.5, 0.6) is 0 Å². The predicted molar refractivity (Wildman–Crippen MR) is 114 cm³/mol. The quantitative estimate of drug-likeness (QED) is 0.591. The average Bonchev–Trinajstić information content (AvgIpc) is 2.97. The highest BCUT2D eigenvalue weighted by Crippen LogP contribution is 2.21. The van der Waals surface area contributed by atoms with E-state index in [4.69, 9.17) is 0 Å². The molecule has 7 heteroatoms. The molecule has 148 valence electrons. The van der Waals surface area contributed by atoms with Crippen molar-refractivity contribution in [2.75, 3.05) is 5.75 Å². The van der Waals surface area contributed by atoms with Gasteiger partial charge in [0.05, 0.1) is 21.7 Å². The Morgan fingerprint density at radius 1 is 1.11 bits per heavy atom. The largest absolute Gasteiger partial charge is 0.319 e. The summed E-state index contributed by atoms with van der Waals surface area (Å²) in [6.45, 7) is 2.10. The van der Waals surface area contributed by atoms with Crippen molar-refractivity contribution in [1.29, 1.82) is 0 Å². The standard InChI is InChI=1S/C21H24N2O3S2/c1-3-17-11-7-12-18-20(17)23(2)21(27-18)22-19(24)13-8-14-28(25,26)15-16-9-5-4-6-10-16/h4-7,9-12H,3,8,13-15H2,1-2H3. The van der Waals surface area contributed by atoms with Crippen molar-refractivity contribution in [3.05, 3.63) is 64.5 Å². The number of fused-ring (bicyclic) bond motifs is 1. The van der Waals surface area contributed by atoms with Crippen molar-refractivity contribution >= 4 is 37.3 Å². The number of amides is 1. The molecule has 1 heterocycles. The van der Waals surface area contributed by atoms with E-state index in [1.807, 2.05) is 41.9 Å². The maximum absolute atomic E-state index is 12.3. The molecule has 0 aliphatic carbocycles. The molecule has 0 spiro atoms. The third-order valence-corrected chi connectivity index (χ3v) is 7.36. The van der Waals surface area contributed by atoms with Crippen molar-refractivity contribution in [3.63, 3.8) is 0 Å². The van der Waals surface area contributed by atoms with Crippen LogP contribution in [-0.4, -0.2) is 24.6 Å². The number of nitrogens with zero attached hydrogens (tertiary/aromatic N) is 2. The van der Waals surface area contributed by atoms with E-state index >= 15 is 0 Å². The van der Waals surface area contributed by atoms with Gasteiger partial charge in [-0.2, -0.15) is 4.99 Å². The van der Waals surface area contributed by atoms with Gasteiger partial charge in [-0.3, -0.25) is 4.79 Å². The molecule has 0 saturated carbocycles. The number of sulfone groups is 1. The van der Waals surface area contributed by atoms with Crippen LogP contribution in [0.4, 0.5) is 0 Å². The van der Waals surface area contributed by atoms with Gasteiger partial charge in [-0.25, -0.2) is 8.42 Å². The monoisotopic (exact) mass is 416 g/mol. The van der Waals surface area contributed by atoms with Crippen LogP contribution in [0.3, 0.4) is 0 Å². The fraction of sp³-hybridized carbons (Fsp3) is 0.333. The van der Waals surface area contributed by atoms with Gasteiger partial charge in [0.15, 0.2) is 14.6 Å². The summed E-state index contributed by atoms with van der Waals surface area (Å²) in [5.74, 6) is -0.290. The minimum absolute atomic E-state index is 0.00421. The van der Waals surface area contributed by atoms with E-state index in [0.29, 0.717) is 4.80 Å². The van der Waals surface area contributed by atoms with Crippen molar-refractivity contribution in [1.82, 2.24) is 4.57 Å². The summed E-state index contributed by atoms with van der Waals surface area (Å²) < 4.78 is 27.5. The van der Waals surface area contributed by atoms with Gasteiger partial charge in [-0.15, -0.1) is 0 Å². The zero-order valence-electron chi connectivity index (χ0n) is 16.1. The summed E-state index contributed by atoms with van der Waals surface area (Å²) in [6, 6.07) is 15.2. The summed E-state index contributed by atoms with van der Waals surface area (Å²) in [4.78, 5) is 17.1. The molecular formula is C21H24N2O3S2. The van der Waals surface area contributed by atoms with Crippen LogP contribution in [-0.2, 0) is 33.9 Å². The number of para-hydroxylation sites is 1. The van der Waals surface area contributed by atoms with Crippen molar-refractivity contribution in [2.24, 2.45) is 12.0 Å². The topological polar surface area (TPSA) is 68.5 Å². The van der Waals surface area contributed by atoms with Gasteiger partial charge in [0, 0.05) is 13.5 Å². The van der Waals surface area contributed by atoms with Crippen LogP contribution in [0.25, 0.3) is 10.2 Å². The summed E-state index contributed by atoms with van der Waals surface area (Å²) in [6.07, 6.45) is 1.32. The summed E-state index contributed by atoms with van der Waals surface area (Å²) in [7, 11) is -1.33. The number of carbonyl (C=O) groups excluding carboxylic acids is 1. The van der Waals surface area contributed by atoms with Crippen LogP contribution in [0.1, 0.15) is 30.9 Å². The third kappa shape index (κ3) is 4.97. The van der Waals surface area contributed by atoms with Gasteiger partial charge < -0.3 is 4.57 Å². The number of carbonyl (C=O) groups is 1. The van der Waals surface area contributed by atoms with Gasteiger partial charge in [0.1, 0.15) is 0 Å². The zero-order valence-corrected chi connectivity index (χ0v) is 17.7. The lowest BCUT2D eigenvalue weighted by atomic mass is 10.1. The number of aryl methyl sites for hydroxylation is 2. The molecule has 3 aromatic rings. The van der Waals surface area contributed by atoms with E-state index in [-0.39, 0.29) is 30.3 Å². The van der Waals surface area contributed by atoms with Crippen molar-refractivity contribution in [2.45, 2.75) is 31.9 Å². The van der Waals surface area contributed by atoms with Crippen LogP contribution >= 0.6 is 11.3 Å². The molecule has 1 amide bonds. The predicted octanol–water partition coefficient (Wildman–Crippen LogP) is 3.62. The van der Waals surface area contributed by atoms with Crippen LogP contribution in [0.15, 0.2) is 53.5 Å². The molecular weight excluding hydrogens is 392 g/mol. The minimum atomic E-state index is -3.24. The molecule has 0 bridgehead atoms. The van der Waals surface area contributed by atoms with Gasteiger partial charge >= 0.3 is 0 Å². The van der Waals surface area contributed by atoms with Crippen molar-refractivity contribution < 1.29 is 13.2 Å². The minimum Gasteiger partial charge on any atom is -0.319 e. The second-order valence-electron chi connectivity index (χ2n) is 6.75. The Morgan fingerprint density at radius 3 is 2.57 bits per heavy atom. The highest BCUT2D eigenvalue weighted by molar-refractivity contribution is 7.90. The van der Waals surface area contributed by atoms with Gasteiger partial charge in [0.2, 0.25) is 5.91 Å².